The van der Waals surface area contributed by atoms with Crippen molar-refractivity contribution in [1.82, 2.24) is 4.98 Å². The summed E-state index contributed by atoms with van der Waals surface area (Å²) >= 11 is 0. The van der Waals surface area contributed by atoms with Crippen LogP contribution >= 0.6 is 0 Å². The lowest BCUT2D eigenvalue weighted by Crippen LogP contribution is -1.88. The fraction of sp³-hybridized carbons (Fsp3) is 0.250. The molecule has 2 heterocycles. The van der Waals surface area contributed by atoms with Crippen LogP contribution < -0.4 is 0 Å². The molecule has 0 saturated heterocycles. The van der Waals surface area contributed by atoms with Crippen LogP contribution in [0.25, 0.3) is 0 Å². The van der Waals surface area contributed by atoms with E-state index in [1.165, 1.54) is 5.56 Å². The maximum atomic E-state index is 4.01. The van der Waals surface area contributed by atoms with Crippen molar-refractivity contribution in [2.75, 3.05) is 6.54 Å². The van der Waals surface area contributed by atoms with Crippen LogP contribution in [0.5, 0.6) is 0 Å². The van der Waals surface area contributed by atoms with E-state index in [-0.39, 0.29) is 0 Å². The Balaban J connectivity index is 0.000000151. The van der Waals surface area contributed by atoms with Gasteiger partial charge in [0.15, 0.2) is 0 Å². The number of hydrogen-bond acceptors (Lipinski definition) is 3. The van der Waals surface area contributed by atoms with Gasteiger partial charge < -0.3 is 0 Å². The summed E-state index contributed by atoms with van der Waals surface area (Å²) in [4.78, 5) is 11.9. The van der Waals surface area contributed by atoms with Crippen LogP contribution in [0, 0.1) is 6.92 Å². The van der Waals surface area contributed by atoms with Crippen molar-refractivity contribution >= 4 is 11.9 Å². The molecule has 0 N–H and O–H groups in total. The lowest BCUT2D eigenvalue weighted by atomic mass is 10.3. The first-order valence-electron chi connectivity index (χ1n) is 4.85. The van der Waals surface area contributed by atoms with E-state index in [9.17, 15) is 0 Å². The Hall–Kier alpha value is -1.77. The molecule has 78 valence electrons. The molecule has 1 aromatic rings. The summed E-state index contributed by atoms with van der Waals surface area (Å²) in [6, 6.07) is 3.94. The SMILES string of the molecule is CC1=NC=CCN=C1.Cc1ccncc1. The van der Waals surface area contributed by atoms with Crippen molar-refractivity contribution in [3.8, 4) is 0 Å². The molecule has 1 aliphatic rings. The van der Waals surface area contributed by atoms with Gasteiger partial charge in [-0.2, -0.15) is 0 Å². The fourth-order valence-electron chi connectivity index (χ4n) is 0.923. The lowest BCUT2D eigenvalue weighted by Gasteiger charge is -1.82. The van der Waals surface area contributed by atoms with E-state index in [0.717, 1.165) is 12.3 Å². The van der Waals surface area contributed by atoms with Gasteiger partial charge in [-0.15, -0.1) is 0 Å². The maximum Gasteiger partial charge on any atom is 0.0588 e. The van der Waals surface area contributed by atoms with Crippen LogP contribution in [0.4, 0.5) is 0 Å². The summed E-state index contributed by atoms with van der Waals surface area (Å²) in [7, 11) is 0. The average molecular weight is 201 g/mol. The molecule has 1 aromatic heterocycles. The fourth-order valence-corrected chi connectivity index (χ4v) is 0.923. The molecule has 0 unspecified atom stereocenters. The van der Waals surface area contributed by atoms with Gasteiger partial charge in [0.2, 0.25) is 0 Å². The Labute approximate surface area is 90.3 Å². The minimum atomic E-state index is 0.765. The van der Waals surface area contributed by atoms with Crippen LogP contribution in [0.15, 0.2) is 46.8 Å². The van der Waals surface area contributed by atoms with Gasteiger partial charge in [-0.25, -0.2) is 0 Å². The van der Waals surface area contributed by atoms with Gasteiger partial charge >= 0.3 is 0 Å². The minimum Gasteiger partial charge on any atom is -0.287 e. The molecule has 3 heteroatoms. The zero-order valence-electron chi connectivity index (χ0n) is 9.09. The van der Waals surface area contributed by atoms with Crippen molar-refractivity contribution in [2.24, 2.45) is 9.98 Å². The summed E-state index contributed by atoms with van der Waals surface area (Å²) in [5.41, 5.74) is 2.23. The molecule has 0 saturated carbocycles. The van der Waals surface area contributed by atoms with E-state index in [1.54, 1.807) is 24.8 Å². The Morgan fingerprint density at radius 3 is 2.47 bits per heavy atom. The molecule has 0 aromatic carbocycles. The Kier molecular flexibility index (Phi) is 5.01. The second-order valence-electron chi connectivity index (χ2n) is 3.17. The first kappa shape index (κ1) is 11.3. The number of aromatic nitrogens is 1. The third-order valence-electron chi connectivity index (χ3n) is 1.72. The van der Waals surface area contributed by atoms with Crippen LogP contribution in [0.2, 0.25) is 0 Å². The third kappa shape index (κ3) is 5.52. The highest BCUT2D eigenvalue weighted by molar-refractivity contribution is 6.29. The number of rotatable bonds is 0. The van der Waals surface area contributed by atoms with E-state index in [1.807, 2.05) is 32.1 Å². The first-order chi connectivity index (χ1) is 7.29. The van der Waals surface area contributed by atoms with Crippen LogP contribution in [-0.4, -0.2) is 23.5 Å². The molecule has 0 spiro atoms. The normalized spacial score (nSPS) is 13.6. The molecule has 0 atom stereocenters. The van der Waals surface area contributed by atoms with Crippen LogP contribution in [0.1, 0.15) is 12.5 Å². The molecule has 1 aliphatic heterocycles. The number of pyridine rings is 1. The number of aryl methyl sites for hydroxylation is 1. The van der Waals surface area contributed by atoms with Crippen molar-refractivity contribution in [2.45, 2.75) is 13.8 Å². The molecule has 0 aliphatic carbocycles. The smallest absolute Gasteiger partial charge is 0.0588 e. The molecule has 15 heavy (non-hydrogen) atoms. The summed E-state index contributed by atoms with van der Waals surface area (Å²) < 4.78 is 0. The quantitative estimate of drug-likeness (QED) is 0.635. The van der Waals surface area contributed by atoms with Crippen molar-refractivity contribution in [1.29, 1.82) is 0 Å². The molecule has 0 amide bonds. The summed E-state index contributed by atoms with van der Waals surface area (Å²) in [5, 5.41) is 0. The number of aliphatic imine (C=N–C) groups is 2. The largest absolute Gasteiger partial charge is 0.287 e. The standard InChI is InChI=1S/C6H8N2.C6H7N/c1-6-5-7-3-2-4-8-6;1-6-2-4-7-5-3-6/h2,4-5H,3H2,1H3;2-5H,1H3. The van der Waals surface area contributed by atoms with Crippen LogP contribution in [-0.2, 0) is 0 Å². The average Bonchev–Trinajstić information content (AvgIpc) is 2.48. The minimum absolute atomic E-state index is 0.765. The van der Waals surface area contributed by atoms with Gasteiger partial charge in [0.05, 0.1) is 12.3 Å². The zero-order chi connectivity index (χ0) is 10.9. The van der Waals surface area contributed by atoms with Crippen molar-refractivity contribution in [3.05, 3.63) is 42.4 Å². The predicted octanol–water partition coefficient (Wildman–Crippen LogP) is 2.44. The molecule has 2 rings (SSSR count). The molecule has 0 bridgehead atoms. The van der Waals surface area contributed by atoms with Gasteiger partial charge in [0.25, 0.3) is 0 Å². The van der Waals surface area contributed by atoms with E-state index in [0.29, 0.717) is 0 Å². The molecular weight excluding hydrogens is 186 g/mol. The molecule has 3 nitrogen and oxygen atoms in total. The monoisotopic (exact) mass is 201 g/mol. The summed E-state index contributed by atoms with van der Waals surface area (Å²) in [6.07, 6.45) is 9.06. The number of hydrogen-bond donors (Lipinski definition) is 0. The highest BCUT2D eigenvalue weighted by Gasteiger charge is 1.82. The van der Waals surface area contributed by atoms with Gasteiger partial charge in [0, 0.05) is 24.8 Å². The Morgan fingerprint density at radius 1 is 1.13 bits per heavy atom. The Bertz CT molecular complexity index is 364. The van der Waals surface area contributed by atoms with Gasteiger partial charge in [-0.05, 0) is 37.6 Å². The topological polar surface area (TPSA) is 37.6 Å². The predicted molar refractivity (Wildman–Crippen MR) is 64.6 cm³/mol. The van der Waals surface area contributed by atoms with E-state index < -0.39 is 0 Å². The highest BCUT2D eigenvalue weighted by atomic mass is 14.8. The Morgan fingerprint density at radius 2 is 1.87 bits per heavy atom. The van der Waals surface area contributed by atoms with Gasteiger partial charge in [-0.3, -0.25) is 15.0 Å². The highest BCUT2D eigenvalue weighted by Crippen LogP contribution is 1.88. The summed E-state index contributed by atoms with van der Waals surface area (Å²) in [5.74, 6) is 0. The second kappa shape index (κ2) is 6.65. The van der Waals surface area contributed by atoms with E-state index in [4.69, 9.17) is 0 Å². The third-order valence-corrected chi connectivity index (χ3v) is 1.72. The van der Waals surface area contributed by atoms with Gasteiger partial charge in [0.1, 0.15) is 0 Å². The molecule has 0 radical (unpaired) electrons. The first-order valence-corrected chi connectivity index (χ1v) is 4.85. The summed E-state index contributed by atoms with van der Waals surface area (Å²) in [6.45, 7) is 4.74. The number of nitrogens with zero attached hydrogens (tertiary/aromatic N) is 3. The van der Waals surface area contributed by atoms with Crippen molar-refractivity contribution < 1.29 is 0 Å². The zero-order valence-corrected chi connectivity index (χ0v) is 9.09. The van der Waals surface area contributed by atoms with Crippen LogP contribution in [0.3, 0.4) is 0 Å². The van der Waals surface area contributed by atoms with Crippen molar-refractivity contribution in [3.63, 3.8) is 0 Å². The maximum absolute atomic E-state index is 4.01. The molecular formula is C12H15N3. The molecule has 0 fully saturated rings. The van der Waals surface area contributed by atoms with Gasteiger partial charge in [-0.1, -0.05) is 0 Å². The van der Waals surface area contributed by atoms with E-state index in [2.05, 4.69) is 15.0 Å². The van der Waals surface area contributed by atoms with E-state index >= 15 is 0 Å². The second-order valence-corrected chi connectivity index (χ2v) is 3.17. The lowest BCUT2D eigenvalue weighted by molar-refractivity contribution is 1.26.